The van der Waals surface area contributed by atoms with Gasteiger partial charge in [0.1, 0.15) is 5.75 Å². The van der Waals surface area contributed by atoms with Gasteiger partial charge in [-0.25, -0.2) is 0 Å². The Morgan fingerprint density at radius 1 is 1.38 bits per heavy atom. The number of methoxy groups -OCH3 is 1. The second-order valence-corrected chi connectivity index (χ2v) is 3.07. The molecule has 0 heterocycles. The number of hydrogen-bond acceptors (Lipinski definition) is 3. The summed E-state index contributed by atoms with van der Waals surface area (Å²) in [6, 6.07) is 7.10. The lowest BCUT2D eigenvalue weighted by Crippen LogP contribution is -1.99. The van der Waals surface area contributed by atoms with Gasteiger partial charge >= 0.3 is 0 Å². The molecule has 2 nitrogen and oxygen atoms in total. The molecular weight excluding hydrogens is 184 g/mol. The van der Waals surface area contributed by atoms with Crippen LogP contribution in [0.2, 0.25) is 0 Å². The highest BCUT2D eigenvalue weighted by Gasteiger charge is 2.03. The molecule has 1 rings (SSSR count). The predicted octanol–water partition coefficient (Wildman–Crippen LogP) is 2.20. The predicted molar refractivity (Wildman–Crippen MR) is 55.8 cm³/mol. The van der Waals surface area contributed by atoms with Gasteiger partial charge in [-0.15, -0.1) is 0 Å². The SMILES string of the molecule is COc1ccc(C(=O)CCS)cc1. The van der Waals surface area contributed by atoms with Gasteiger partial charge in [0.25, 0.3) is 0 Å². The standard InChI is InChI=1S/C10H12O2S/c1-12-9-4-2-8(3-5-9)10(11)6-7-13/h2-5,13H,6-7H2,1H3. The number of benzene rings is 1. The Kier molecular flexibility index (Phi) is 3.83. The Morgan fingerprint density at radius 2 is 2.00 bits per heavy atom. The van der Waals surface area contributed by atoms with Crippen LogP contribution in [0.5, 0.6) is 5.75 Å². The summed E-state index contributed by atoms with van der Waals surface area (Å²) < 4.78 is 4.98. The smallest absolute Gasteiger partial charge is 0.163 e. The first-order valence-corrected chi connectivity index (χ1v) is 4.69. The maximum atomic E-state index is 11.4. The number of carbonyl (C=O) groups excluding carboxylic acids is 1. The van der Waals surface area contributed by atoms with Crippen molar-refractivity contribution < 1.29 is 9.53 Å². The fourth-order valence-corrected chi connectivity index (χ4v) is 1.23. The maximum absolute atomic E-state index is 11.4. The third kappa shape index (κ3) is 2.77. The monoisotopic (exact) mass is 196 g/mol. The molecule has 0 spiro atoms. The molecule has 0 unspecified atom stereocenters. The first-order valence-electron chi connectivity index (χ1n) is 4.06. The lowest BCUT2D eigenvalue weighted by Gasteiger charge is -2.01. The zero-order valence-corrected chi connectivity index (χ0v) is 8.38. The van der Waals surface area contributed by atoms with E-state index in [4.69, 9.17) is 4.74 Å². The lowest BCUT2D eigenvalue weighted by molar-refractivity contribution is 0.0989. The van der Waals surface area contributed by atoms with Crippen LogP contribution in [0.25, 0.3) is 0 Å². The summed E-state index contributed by atoms with van der Waals surface area (Å²) in [5.74, 6) is 1.48. The van der Waals surface area contributed by atoms with Crippen LogP contribution in [0.3, 0.4) is 0 Å². The molecule has 0 aliphatic heterocycles. The van der Waals surface area contributed by atoms with Gasteiger partial charge in [0.05, 0.1) is 7.11 Å². The highest BCUT2D eigenvalue weighted by Crippen LogP contribution is 2.12. The van der Waals surface area contributed by atoms with E-state index >= 15 is 0 Å². The lowest BCUT2D eigenvalue weighted by atomic mass is 10.1. The second-order valence-electron chi connectivity index (χ2n) is 2.63. The maximum Gasteiger partial charge on any atom is 0.163 e. The van der Waals surface area contributed by atoms with Gasteiger partial charge in [0, 0.05) is 12.0 Å². The second kappa shape index (κ2) is 4.92. The van der Waals surface area contributed by atoms with E-state index in [1.54, 1.807) is 31.4 Å². The van der Waals surface area contributed by atoms with Crippen LogP contribution in [-0.4, -0.2) is 18.6 Å². The molecule has 0 atom stereocenters. The van der Waals surface area contributed by atoms with Gasteiger partial charge in [-0.1, -0.05) is 0 Å². The van der Waals surface area contributed by atoms with E-state index in [9.17, 15) is 4.79 Å². The van der Waals surface area contributed by atoms with Crippen LogP contribution in [-0.2, 0) is 0 Å². The number of carbonyl (C=O) groups is 1. The summed E-state index contributed by atoms with van der Waals surface area (Å²) in [7, 11) is 1.60. The first-order chi connectivity index (χ1) is 6.27. The summed E-state index contributed by atoms with van der Waals surface area (Å²) in [5.41, 5.74) is 0.717. The number of rotatable bonds is 4. The fourth-order valence-electron chi connectivity index (χ4n) is 1.02. The molecule has 0 amide bonds. The van der Waals surface area contributed by atoms with Crippen molar-refractivity contribution in [3.8, 4) is 5.75 Å². The van der Waals surface area contributed by atoms with E-state index < -0.39 is 0 Å². The molecule has 0 aromatic heterocycles. The number of thiol groups is 1. The minimum absolute atomic E-state index is 0.123. The van der Waals surface area contributed by atoms with Crippen LogP contribution in [0.1, 0.15) is 16.8 Å². The Labute approximate surface area is 83.3 Å². The van der Waals surface area contributed by atoms with Crippen molar-refractivity contribution in [1.82, 2.24) is 0 Å². The quantitative estimate of drug-likeness (QED) is 0.590. The van der Waals surface area contributed by atoms with E-state index in [0.29, 0.717) is 12.2 Å². The Bertz CT molecular complexity index is 279. The third-order valence-corrected chi connectivity index (χ3v) is 1.97. The molecule has 0 radical (unpaired) electrons. The molecule has 1 aromatic rings. The largest absolute Gasteiger partial charge is 0.497 e. The van der Waals surface area contributed by atoms with E-state index in [2.05, 4.69) is 12.6 Å². The zero-order valence-electron chi connectivity index (χ0n) is 7.49. The normalized spacial score (nSPS) is 9.69. The van der Waals surface area contributed by atoms with Gasteiger partial charge < -0.3 is 4.74 Å². The van der Waals surface area contributed by atoms with Crippen LogP contribution >= 0.6 is 12.6 Å². The van der Waals surface area contributed by atoms with Crippen molar-refractivity contribution in [2.45, 2.75) is 6.42 Å². The molecule has 0 N–H and O–H groups in total. The van der Waals surface area contributed by atoms with Crippen molar-refractivity contribution in [1.29, 1.82) is 0 Å². The zero-order chi connectivity index (χ0) is 9.68. The molecule has 0 bridgehead atoms. The van der Waals surface area contributed by atoms with Crippen LogP contribution < -0.4 is 4.74 Å². The van der Waals surface area contributed by atoms with E-state index in [1.165, 1.54) is 0 Å². The summed E-state index contributed by atoms with van der Waals surface area (Å²) in [4.78, 5) is 11.4. The summed E-state index contributed by atoms with van der Waals surface area (Å²) >= 11 is 4.00. The Balaban J connectivity index is 2.74. The minimum Gasteiger partial charge on any atom is -0.497 e. The molecule has 0 saturated heterocycles. The molecule has 0 fully saturated rings. The summed E-state index contributed by atoms with van der Waals surface area (Å²) in [6.07, 6.45) is 0.482. The number of ketones is 1. The van der Waals surface area contributed by atoms with Crippen molar-refractivity contribution >= 4 is 18.4 Å². The minimum atomic E-state index is 0.123. The van der Waals surface area contributed by atoms with Crippen molar-refractivity contribution in [2.75, 3.05) is 12.9 Å². The first kappa shape index (κ1) is 10.1. The molecule has 0 aliphatic carbocycles. The van der Waals surface area contributed by atoms with Crippen molar-refractivity contribution in [3.05, 3.63) is 29.8 Å². The van der Waals surface area contributed by atoms with Crippen molar-refractivity contribution in [2.24, 2.45) is 0 Å². The molecule has 13 heavy (non-hydrogen) atoms. The van der Waals surface area contributed by atoms with E-state index in [1.807, 2.05) is 0 Å². The number of ether oxygens (including phenoxy) is 1. The molecular formula is C10H12O2S. The molecule has 0 aliphatic rings. The number of hydrogen-bond donors (Lipinski definition) is 1. The number of Topliss-reactive ketones (excluding diaryl/α,β-unsaturated/α-hetero) is 1. The topological polar surface area (TPSA) is 26.3 Å². The van der Waals surface area contributed by atoms with Crippen LogP contribution in [0.15, 0.2) is 24.3 Å². The van der Waals surface area contributed by atoms with E-state index in [0.717, 1.165) is 11.3 Å². The molecule has 1 aromatic carbocycles. The van der Waals surface area contributed by atoms with Gasteiger partial charge in [-0.05, 0) is 30.0 Å². The highest BCUT2D eigenvalue weighted by molar-refractivity contribution is 7.80. The molecule has 70 valence electrons. The van der Waals surface area contributed by atoms with Crippen LogP contribution in [0, 0.1) is 0 Å². The Hall–Kier alpha value is -0.960. The third-order valence-electron chi connectivity index (χ3n) is 1.75. The highest BCUT2D eigenvalue weighted by atomic mass is 32.1. The van der Waals surface area contributed by atoms with Gasteiger partial charge in [0.15, 0.2) is 5.78 Å². The average Bonchev–Trinajstić information content (AvgIpc) is 2.18. The van der Waals surface area contributed by atoms with Gasteiger partial charge in [-0.2, -0.15) is 12.6 Å². The van der Waals surface area contributed by atoms with E-state index in [-0.39, 0.29) is 5.78 Å². The average molecular weight is 196 g/mol. The summed E-state index contributed by atoms with van der Waals surface area (Å²) in [5, 5.41) is 0. The van der Waals surface area contributed by atoms with Gasteiger partial charge in [0.2, 0.25) is 0 Å². The van der Waals surface area contributed by atoms with Gasteiger partial charge in [-0.3, -0.25) is 4.79 Å². The fraction of sp³-hybridized carbons (Fsp3) is 0.300. The molecule has 3 heteroatoms. The Morgan fingerprint density at radius 3 is 2.46 bits per heavy atom. The van der Waals surface area contributed by atoms with Crippen molar-refractivity contribution in [3.63, 3.8) is 0 Å². The van der Waals surface area contributed by atoms with Crippen LogP contribution in [0.4, 0.5) is 0 Å². The molecule has 0 saturated carbocycles. The summed E-state index contributed by atoms with van der Waals surface area (Å²) in [6.45, 7) is 0.